The Bertz CT molecular complexity index is 568. The monoisotopic (exact) mass is 234 g/mol. The molecule has 4 heteroatoms. The minimum Gasteiger partial charge on any atom is -0.497 e. The van der Waals surface area contributed by atoms with Crippen molar-refractivity contribution < 1.29 is 4.74 Å². The Hall–Kier alpha value is -1.55. The van der Waals surface area contributed by atoms with E-state index in [9.17, 15) is 0 Å². The quantitative estimate of drug-likeness (QED) is 0.650. The third-order valence-electron chi connectivity index (χ3n) is 2.54. The van der Waals surface area contributed by atoms with E-state index in [2.05, 4.69) is 16.1 Å². The third kappa shape index (κ3) is 1.88. The molecule has 2 aromatic rings. The van der Waals surface area contributed by atoms with E-state index in [1.54, 1.807) is 7.11 Å². The Kier molecular flexibility index (Phi) is 3.10. The molecule has 0 spiro atoms. The van der Waals surface area contributed by atoms with Gasteiger partial charge in [0.25, 0.3) is 0 Å². The maximum atomic E-state index is 5.28. The first-order valence-corrected chi connectivity index (χ1v) is 5.54. The van der Waals surface area contributed by atoms with E-state index in [-0.39, 0.29) is 0 Å². The molecule has 1 aromatic heterocycles. The molecule has 3 nitrogen and oxygen atoms in total. The van der Waals surface area contributed by atoms with Crippen molar-refractivity contribution in [3.8, 4) is 5.75 Å². The summed E-state index contributed by atoms with van der Waals surface area (Å²) in [6, 6.07) is 5.91. The molecular formula is C12H14N2OS. The van der Waals surface area contributed by atoms with E-state index >= 15 is 0 Å². The molecule has 2 rings (SSSR count). The number of rotatable bonds is 4. The van der Waals surface area contributed by atoms with Crippen molar-refractivity contribution in [1.82, 2.24) is 9.55 Å². The van der Waals surface area contributed by atoms with E-state index in [1.807, 2.05) is 24.3 Å². The number of aromatic nitrogens is 2. The summed E-state index contributed by atoms with van der Waals surface area (Å²) >= 11 is 5.28. The van der Waals surface area contributed by atoms with Crippen LogP contribution < -0.4 is 4.74 Å². The van der Waals surface area contributed by atoms with E-state index in [4.69, 9.17) is 17.0 Å². The minimum atomic E-state index is 0.741. The molecule has 0 fully saturated rings. The highest BCUT2D eigenvalue weighted by Crippen LogP contribution is 2.20. The zero-order chi connectivity index (χ0) is 11.5. The van der Waals surface area contributed by atoms with Crippen LogP contribution in [0.5, 0.6) is 5.75 Å². The van der Waals surface area contributed by atoms with Crippen molar-refractivity contribution >= 4 is 23.3 Å². The molecule has 1 N–H and O–H groups in total. The van der Waals surface area contributed by atoms with Crippen LogP contribution in [0, 0.1) is 4.77 Å². The van der Waals surface area contributed by atoms with Crippen molar-refractivity contribution in [1.29, 1.82) is 0 Å². The van der Waals surface area contributed by atoms with Gasteiger partial charge in [-0.15, -0.1) is 6.58 Å². The molecular weight excluding hydrogens is 220 g/mol. The molecule has 0 aliphatic heterocycles. The Morgan fingerprint density at radius 1 is 1.56 bits per heavy atom. The van der Waals surface area contributed by atoms with Gasteiger partial charge in [0.1, 0.15) is 5.75 Å². The van der Waals surface area contributed by atoms with Crippen LogP contribution in [0.25, 0.3) is 11.0 Å². The van der Waals surface area contributed by atoms with Crippen LogP contribution in [-0.4, -0.2) is 16.7 Å². The van der Waals surface area contributed by atoms with Gasteiger partial charge in [-0.2, -0.15) is 0 Å². The lowest BCUT2D eigenvalue weighted by Crippen LogP contribution is -1.96. The van der Waals surface area contributed by atoms with Crippen molar-refractivity contribution in [2.24, 2.45) is 0 Å². The second-order valence-electron chi connectivity index (χ2n) is 3.54. The van der Waals surface area contributed by atoms with Gasteiger partial charge >= 0.3 is 0 Å². The van der Waals surface area contributed by atoms with Gasteiger partial charge in [-0.25, -0.2) is 0 Å². The van der Waals surface area contributed by atoms with Crippen LogP contribution in [0.3, 0.4) is 0 Å². The second-order valence-corrected chi connectivity index (χ2v) is 3.93. The number of hydrogen-bond donors (Lipinski definition) is 1. The van der Waals surface area contributed by atoms with Crippen molar-refractivity contribution in [2.75, 3.05) is 7.11 Å². The molecule has 84 valence electrons. The molecule has 1 heterocycles. The van der Waals surface area contributed by atoms with Gasteiger partial charge in [0.2, 0.25) is 0 Å². The summed E-state index contributed by atoms with van der Waals surface area (Å²) < 4.78 is 7.99. The van der Waals surface area contributed by atoms with E-state index in [0.29, 0.717) is 0 Å². The smallest absolute Gasteiger partial charge is 0.178 e. The van der Waals surface area contributed by atoms with Gasteiger partial charge in [0, 0.05) is 12.6 Å². The van der Waals surface area contributed by atoms with Crippen LogP contribution in [0.15, 0.2) is 30.9 Å². The maximum Gasteiger partial charge on any atom is 0.178 e. The molecule has 0 aliphatic rings. The van der Waals surface area contributed by atoms with Gasteiger partial charge in [0.15, 0.2) is 4.77 Å². The number of nitrogens with one attached hydrogen (secondary N) is 1. The topological polar surface area (TPSA) is 29.9 Å². The van der Waals surface area contributed by atoms with E-state index in [1.165, 1.54) is 0 Å². The molecule has 0 saturated carbocycles. The summed E-state index contributed by atoms with van der Waals surface area (Å²) in [5.41, 5.74) is 2.11. The lowest BCUT2D eigenvalue weighted by Gasteiger charge is -2.02. The average molecular weight is 234 g/mol. The standard InChI is InChI=1S/C12H14N2OS/c1-3-4-7-14-11-6-5-9(15-2)8-10(11)13-12(14)16/h3,5-6,8H,1,4,7H2,2H3,(H,13,16). The molecule has 0 unspecified atom stereocenters. The molecule has 16 heavy (non-hydrogen) atoms. The minimum absolute atomic E-state index is 0.741. The first kappa shape index (κ1) is 11.0. The van der Waals surface area contributed by atoms with Crippen molar-refractivity contribution in [3.05, 3.63) is 35.6 Å². The average Bonchev–Trinajstić information content (AvgIpc) is 2.61. The third-order valence-corrected chi connectivity index (χ3v) is 2.86. The summed E-state index contributed by atoms with van der Waals surface area (Å²) in [6.07, 6.45) is 2.80. The maximum absolute atomic E-state index is 5.28. The highest BCUT2D eigenvalue weighted by atomic mass is 32.1. The van der Waals surface area contributed by atoms with E-state index < -0.39 is 0 Å². The number of aryl methyl sites for hydroxylation is 1. The summed E-state index contributed by atoms with van der Waals surface area (Å²) in [5.74, 6) is 0.833. The Balaban J connectivity index is 2.53. The fourth-order valence-electron chi connectivity index (χ4n) is 1.71. The first-order chi connectivity index (χ1) is 7.76. The number of methoxy groups -OCH3 is 1. The molecule has 1 aromatic carbocycles. The summed E-state index contributed by atoms with van der Waals surface area (Å²) in [7, 11) is 1.66. The van der Waals surface area contributed by atoms with Gasteiger partial charge in [-0.1, -0.05) is 6.08 Å². The summed E-state index contributed by atoms with van der Waals surface area (Å²) in [4.78, 5) is 3.17. The van der Waals surface area contributed by atoms with Crippen LogP contribution >= 0.6 is 12.2 Å². The van der Waals surface area contributed by atoms with Crippen LogP contribution in [0.2, 0.25) is 0 Å². The molecule has 0 saturated heterocycles. The number of ether oxygens (including phenoxy) is 1. The summed E-state index contributed by atoms with van der Waals surface area (Å²) in [6.45, 7) is 4.58. The highest BCUT2D eigenvalue weighted by Gasteiger charge is 2.04. The predicted octanol–water partition coefficient (Wildman–Crippen LogP) is 3.28. The number of fused-ring (bicyclic) bond motifs is 1. The second kappa shape index (κ2) is 4.53. The van der Waals surface area contributed by atoms with Crippen molar-refractivity contribution in [2.45, 2.75) is 13.0 Å². The number of nitrogens with zero attached hydrogens (tertiary/aromatic N) is 1. The fraction of sp³-hybridized carbons (Fsp3) is 0.250. The SMILES string of the molecule is C=CCCn1c(=S)[nH]c2cc(OC)ccc21. The number of imidazole rings is 1. The number of benzene rings is 1. The van der Waals surface area contributed by atoms with Gasteiger partial charge in [-0.05, 0) is 30.8 Å². The molecule has 0 radical (unpaired) electrons. The van der Waals surface area contributed by atoms with Crippen LogP contribution in [0.4, 0.5) is 0 Å². The number of aromatic amines is 1. The van der Waals surface area contributed by atoms with E-state index in [0.717, 1.165) is 34.5 Å². The van der Waals surface area contributed by atoms with Gasteiger partial charge in [-0.3, -0.25) is 0 Å². The number of hydrogen-bond acceptors (Lipinski definition) is 2. The largest absolute Gasteiger partial charge is 0.497 e. The first-order valence-electron chi connectivity index (χ1n) is 5.13. The summed E-state index contributed by atoms with van der Waals surface area (Å²) in [5, 5.41) is 0. The van der Waals surface area contributed by atoms with Crippen LogP contribution in [-0.2, 0) is 6.54 Å². The fourth-order valence-corrected chi connectivity index (χ4v) is 2.01. The Morgan fingerprint density at radius 3 is 3.06 bits per heavy atom. The zero-order valence-corrected chi connectivity index (χ0v) is 10.0. The Morgan fingerprint density at radius 2 is 2.38 bits per heavy atom. The molecule has 0 atom stereocenters. The molecule has 0 bridgehead atoms. The molecule has 0 amide bonds. The number of H-pyrrole nitrogens is 1. The van der Waals surface area contributed by atoms with Gasteiger partial charge < -0.3 is 14.3 Å². The molecule has 0 aliphatic carbocycles. The van der Waals surface area contributed by atoms with Crippen molar-refractivity contribution in [3.63, 3.8) is 0 Å². The zero-order valence-electron chi connectivity index (χ0n) is 9.19. The lowest BCUT2D eigenvalue weighted by atomic mass is 10.3. The van der Waals surface area contributed by atoms with Crippen LogP contribution in [0.1, 0.15) is 6.42 Å². The highest BCUT2D eigenvalue weighted by molar-refractivity contribution is 7.71. The Labute approximate surface area is 99.4 Å². The number of allylic oxidation sites excluding steroid dienone is 1. The lowest BCUT2D eigenvalue weighted by molar-refractivity contribution is 0.415. The normalized spacial score (nSPS) is 10.6. The van der Waals surface area contributed by atoms with Gasteiger partial charge in [0.05, 0.1) is 18.1 Å². The predicted molar refractivity (Wildman–Crippen MR) is 68.5 cm³/mol.